The number of rotatable bonds is 20. The number of sulfonamides is 1. The average Bonchev–Trinajstić information content (AvgIpc) is 3.78. The van der Waals surface area contributed by atoms with Gasteiger partial charge < -0.3 is 10.0 Å². The number of aryl methyl sites for hydroxylation is 1. The van der Waals surface area contributed by atoms with Gasteiger partial charge in [0.05, 0.1) is 17.2 Å². The van der Waals surface area contributed by atoms with Crippen LogP contribution in [0.4, 0.5) is 11.4 Å². The molecule has 4 aliphatic carbocycles. The number of hydrogen-bond donors (Lipinski definition) is 2. The summed E-state index contributed by atoms with van der Waals surface area (Å²) in [5.41, 5.74) is 6.57. The third kappa shape index (κ3) is 8.62. The molecule has 2 N–H and O–H groups in total. The molecular formula is C42H65N7O3S. The molecule has 4 bridgehead atoms. The second-order valence-corrected chi connectivity index (χ2v) is 19.6. The van der Waals surface area contributed by atoms with Crippen molar-refractivity contribution in [1.82, 2.24) is 19.6 Å². The van der Waals surface area contributed by atoms with E-state index in [-0.39, 0.29) is 30.2 Å². The Morgan fingerprint density at radius 3 is 2.25 bits per heavy atom. The Kier molecular flexibility index (Phi) is 12.1. The second-order valence-electron chi connectivity index (χ2n) is 17.6. The smallest absolute Gasteiger partial charge is 0.211 e. The molecule has 1 aromatic carbocycles. The van der Waals surface area contributed by atoms with Crippen LogP contribution in [0.2, 0.25) is 0 Å². The number of aliphatic hydroxyl groups excluding tert-OH is 1. The molecule has 2 aromatic rings. The van der Waals surface area contributed by atoms with Crippen molar-refractivity contribution in [2.45, 2.75) is 155 Å². The van der Waals surface area contributed by atoms with Gasteiger partial charge in [-0.15, -0.1) is 9.89 Å². The highest BCUT2D eigenvalue weighted by Gasteiger charge is 2.56. The van der Waals surface area contributed by atoms with Gasteiger partial charge in [-0.2, -0.15) is 5.10 Å². The van der Waals surface area contributed by atoms with Crippen LogP contribution < -0.4 is 9.62 Å². The predicted molar refractivity (Wildman–Crippen MR) is 215 cm³/mol. The topological polar surface area (TPSA) is 125 Å². The number of anilines is 1. The van der Waals surface area contributed by atoms with E-state index in [1.54, 1.807) is 4.79 Å². The molecule has 4 saturated carbocycles. The van der Waals surface area contributed by atoms with Crippen LogP contribution >= 0.6 is 0 Å². The van der Waals surface area contributed by atoms with Crippen LogP contribution in [0.1, 0.15) is 159 Å². The zero-order chi connectivity index (χ0) is 37.2. The van der Waals surface area contributed by atoms with Crippen molar-refractivity contribution in [1.29, 1.82) is 0 Å². The molecule has 2 aliphatic heterocycles. The average molecular weight is 748 g/mol. The zero-order valence-corrected chi connectivity index (χ0v) is 33.8. The van der Waals surface area contributed by atoms with Crippen molar-refractivity contribution < 1.29 is 13.5 Å². The van der Waals surface area contributed by atoms with Crippen LogP contribution in [0.25, 0.3) is 0 Å². The summed E-state index contributed by atoms with van der Waals surface area (Å²) in [7, 11) is -3.38. The van der Waals surface area contributed by atoms with Gasteiger partial charge in [-0.25, -0.2) is 23.1 Å². The first-order valence-electron chi connectivity index (χ1n) is 21.2. The quantitative estimate of drug-likeness (QED) is 0.132. The molecule has 3 heterocycles. The molecule has 0 amide bonds. The standard InChI is InChI=1S/C42H65N7O3S/c1-5-6-7-8-9-10-11-12-13-14-18-53(51,52)43-28-30(3)40-45-41-38(44-36-24-35-20-31(4)48(16-15-17-50)37(35)19-29(36)2)39(46-49(41)47-40)42-25-32-21-33(26-42)23-34(22-32)27-42/h19,24,30-34,43,50H,5-18,20-23,25-28H2,1-4H3/b44-38-. The van der Waals surface area contributed by atoms with Crippen molar-refractivity contribution in [3.8, 4) is 0 Å². The summed E-state index contributed by atoms with van der Waals surface area (Å²) in [6, 6.07) is 4.91. The Labute approximate surface area is 318 Å². The summed E-state index contributed by atoms with van der Waals surface area (Å²) in [6.07, 6.45) is 21.1. The summed E-state index contributed by atoms with van der Waals surface area (Å²) in [5, 5.41) is 19.6. The van der Waals surface area contributed by atoms with Crippen LogP contribution in [0.5, 0.6) is 0 Å². The normalized spacial score (nSPS) is 27.2. The van der Waals surface area contributed by atoms with E-state index in [9.17, 15) is 13.5 Å². The number of unbranched alkanes of at least 4 members (excludes halogenated alkanes) is 9. The Hall–Kier alpha value is -2.63. The maximum Gasteiger partial charge on any atom is 0.211 e. The molecule has 11 heteroatoms. The molecule has 0 saturated heterocycles. The number of aromatic nitrogens is 3. The molecule has 1 aromatic heterocycles. The third-order valence-electron chi connectivity index (χ3n) is 13.1. The fourth-order valence-corrected chi connectivity index (χ4v) is 11.9. The van der Waals surface area contributed by atoms with Gasteiger partial charge in [0.1, 0.15) is 5.71 Å². The van der Waals surface area contributed by atoms with Crippen LogP contribution in [0.3, 0.4) is 0 Å². The first-order valence-corrected chi connectivity index (χ1v) is 22.9. The molecule has 8 rings (SSSR count). The fraction of sp³-hybridized carbons (Fsp3) is 0.762. The predicted octanol–water partition coefficient (Wildman–Crippen LogP) is 8.22. The SMILES string of the molecule is CCCCCCCCCCCCS(=O)(=O)NCC(C)c1nc2n(n1)N=C(C13CC4CC(CC(C4)C1)C3)/C2=N/c1cc2c(cc1C)N(CCCO)C(C)C2. The van der Waals surface area contributed by atoms with Gasteiger partial charge >= 0.3 is 0 Å². The summed E-state index contributed by atoms with van der Waals surface area (Å²) in [4.78, 5) is 14.7. The largest absolute Gasteiger partial charge is 0.396 e. The molecule has 292 valence electrons. The zero-order valence-electron chi connectivity index (χ0n) is 33.0. The van der Waals surface area contributed by atoms with E-state index < -0.39 is 10.0 Å². The van der Waals surface area contributed by atoms with E-state index in [0.717, 1.165) is 72.7 Å². The van der Waals surface area contributed by atoms with Crippen LogP contribution in [-0.2, 0) is 16.4 Å². The van der Waals surface area contributed by atoms with Crippen LogP contribution in [-0.4, -0.2) is 71.3 Å². The number of benzene rings is 1. The number of aliphatic hydroxyl groups is 1. The summed E-state index contributed by atoms with van der Waals surface area (Å²) in [6.45, 7) is 9.94. The first-order chi connectivity index (χ1) is 25.6. The third-order valence-corrected chi connectivity index (χ3v) is 14.6. The van der Waals surface area contributed by atoms with Gasteiger partial charge in [0.25, 0.3) is 0 Å². The van der Waals surface area contributed by atoms with E-state index in [0.29, 0.717) is 24.1 Å². The van der Waals surface area contributed by atoms with E-state index in [1.807, 2.05) is 6.92 Å². The first kappa shape index (κ1) is 38.6. The molecule has 0 radical (unpaired) electrons. The minimum atomic E-state index is -3.38. The Balaban J connectivity index is 1.05. The second kappa shape index (κ2) is 16.6. The molecular weight excluding hydrogens is 683 g/mol. The van der Waals surface area contributed by atoms with Gasteiger partial charge in [0.2, 0.25) is 15.8 Å². The fourth-order valence-electron chi connectivity index (χ4n) is 10.7. The minimum absolute atomic E-state index is 0.0201. The Morgan fingerprint density at radius 2 is 1.60 bits per heavy atom. The summed E-state index contributed by atoms with van der Waals surface area (Å²) < 4.78 is 28.7. The van der Waals surface area contributed by atoms with Gasteiger partial charge in [0, 0.05) is 42.8 Å². The highest BCUT2D eigenvalue weighted by atomic mass is 32.2. The molecule has 4 fully saturated rings. The molecule has 2 atom stereocenters. The number of fused-ring (bicyclic) bond motifs is 2. The van der Waals surface area contributed by atoms with Crippen molar-refractivity contribution in [2.75, 3.05) is 30.3 Å². The van der Waals surface area contributed by atoms with E-state index in [1.165, 1.54) is 94.7 Å². The lowest BCUT2D eigenvalue weighted by atomic mass is 9.48. The number of hydrogen-bond acceptors (Lipinski definition) is 8. The molecule has 10 nitrogen and oxygen atoms in total. The number of aliphatic imine (C=N–C) groups is 1. The lowest BCUT2D eigenvalue weighted by Gasteiger charge is -2.56. The maximum absolute atomic E-state index is 12.9. The highest BCUT2D eigenvalue weighted by Crippen LogP contribution is 2.61. The van der Waals surface area contributed by atoms with Crippen molar-refractivity contribution in [3.05, 3.63) is 34.9 Å². The molecule has 2 unspecified atom stereocenters. The van der Waals surface area contributed by atoms with E-state index in [4.69, 9.17) is 20.2 Å². The van der Waals surface area contributed by atoms with Crippen LogP contribution in [0, 0.1) is 30.1 Å². The van der Waals surface area contributed by atoms with Crippen molar-refractivity contribution >= 4 is 32.8 Å². The Bertz CT molecular complexity index is 1730. The van der Waals surface area contributed by atoms with Crippen LogP contribution in [0.15, 0.2) is 22.2 Å². The number of nitrogens with zero attached hydrogens (tertiary/aromatic N) is 6. The molecule has 6 aliphatic rings. The lowest BCUT2D eigenvalue weighted by Crippen LogP contribution is -2.51. The lowest BCUT2D eigenvalue weighted by molar-refractivity contribution is -0.0113. The molecule has 0 spiro atoms. The van der Waals surface area contributed by atoms with E-state index in [2.05, 4.69) is 42.5 Å². The van der Waals surface area contributed by atoms with E-state index >= 15 is 0 Å². The van der Waals surface area contributed by atoms with Crippen molar-refractivity contribution in [3.63, 3.8) is 0 Å². The Morgan fingerprint density at radius 1 is 0.962 bits per heavy atom. The van der Waals surface area contributed by atoms with Gasteiger partial charge in [-0.05, 0) is 113 Å². The monoisotopic (exact) mass is 747 g/mol. The maximum atomic E-state index is 12.9. The minimum Gasteiger partial charge on any atom is -0.396 e. The van der Waals surface area contributed by atoms with Crippen molar-refractivity contribution in [2.24, 2.45) is 33.3 Å². The number of nitrogens with one attached hydrogen (secondary N) is 1. The van der Waals surface area contributed by atoms with Gasteiger partial charge in [-0.3, -0.25) is 0 Å². The van der Waals surface area contributed by atoms with Gasteiger partial charge in [0.15, 0.2) is 5.82 Å². The summed E-state index contributed by atoms with van der Waals surface area (Å²) in [5.74, 6) is 3.54. The van der Waals surface area contributed by atoms with Gasteiger partial charge in [-0.1, -0.05) is 71.6 Å². The summed E-state index contributed by atoms with van der Waals surface area (Å²) >= 11 is 0. The molecule has 53 heavy (non-hydrogen) atoms. The highest BCUT2D eigenvalue weighted by molar-refractivity contribution is 7.89.